The standard InChI is InChI=1S/C21H22ClN5O4S/c1-4-26-20(14(3)31-17-9-10-18(22)13(2)11-17)24-25-21(26)32-12-19(28)23-15-5-7-16(8-6-15)27(29)30/h5-11,14H,4,12H2,1-3H3,(H,23,28). The summed E-state index contributed by atoms with van der Waals surface area (Å²) < 4.78 is 7.90. The zero-order valence-electron chi connectivity index (χ0n) is 17.7. The molecule has 11 heteroatoms. The topological polar surface area (TPSA) is 112 Å². The second-order valence-electron chi connectivity index (χ2n) is 6.90. The van der Waals surface area contributed by atoms with Gasteiger partial charge in [-0.15, -0.1) is 10.2 Å². The van der Waals surface area contributed by atoms with E-state index in [9.17, 15) is 14.9 Å². The van der Waals surface area contributed by atoms with Gasteiger partial charge in [-0.2, -0.15) is 0 Å². The number of hydrogen-bond donors (Lipinski definition) is 1. The van der Waals surface area contributed by atoms with E-state index >= 15 is 0 Å². The molecule has 1 atom stereocenters. The maximum Gasteiger partial charge on any atom is 0.269 e. The minimum absolute atomic E-state index is 0.0361. The van der Waals surface area contributed by atoms with E-state index < -0.39 is 4.92 Å². The first kappa shape index (κ1) is 23.6. The number of carbonyl (C=O) groups excluding carboxylic acids is 1. The van der Waals surface area contributed by atoms with Crippen LogP contribution in [0.15, 0.2) is 47.6 Å². The minimum atomic E-state index is -0.491. The van der Waals surface area contributed by atoms with E-state index in [4.69, 9.17) is 16.3 Å². The maximum absolute atomic E-state index is 12.3. The molecule has 3 rings (SSSR count). The lowest BCUT2D eigenvalue weighted by Crippen LogP contribution is -2.15. The SMILES string of the molecule is CCn1c(SCC(=O)Nc2ccc([N+](=O)[O-])cc2)nnc1C(C)Oc1ccc(Cl)c(C)c1. The van der Waals surface area contributed by atoms with Gasteiger partial charge in [-0.05, 0) is 56.7 Å². The number of rotatable bonds is 9. The molecule has 1 N–H and O–H groups in total. The fraction of sp³-hybridized carbons (Fsp3) is 0.286. The Morgan fingerprint density at radius 2 is 2.00 bits per heavy atom. The molecule has 3 aromatic rings. The average molecular weight is 476 g/mol. The molecule has 0 saturated heterocycles. The van der Waals surface area contributed by atoms with Crippen molar-refractivity contribution in [3.63, 3.8) is 0 Å². The Bertz CT molecular complexity index is 1120. The summed E-state index contributed by atoms with van der Waals surface area (Å²) in [5, 5.41) is 23.2. The monoisotopic (exact) mass is 475 g/mol. The molecule has 0 aliphatic rings. The zero-order chi connectivity index (χ0) is 23.3. The minimum Gasteiger partial charge on any atom is -0.483 e. The summed E-state index contributed by atoms with van der Waals surface area (Å²) in [4.78, 5) is 22.5. The summed E-state index contributed by atoms with van der Waals surface area (Å²) in [7, 11) is 0. The number of nitrogens with zero attached hydrogens (tertiary/aromatic N) is 4. The van der Waals surface area contributed by atoms with E-state index in [1.165, 1.54) is 36.0 Å². The largest absolute Gasteiger partial charge is 0.483 e. The molecule has 1 heterocycles. The van der Waals surface area contributed by atoms with E-state index in [0.717, 1.165) is 5.56 Å². The number of nitro benzene ring substituents is 1. The van der Waals surface area contributed by atoms with Crippen molar-refractivity contribution in [3.8, 4) is 5.75 Å². The molecule has 32 heavy (non-hydrogen) atoms. The zero-order valence-corrected chi connectivity index (χ0v) is 19.3. The predicted molar refractivity (Wildman–Crippen MR) is 123 cm³/mol. The molecule has 9 nitrogen and oxygen atoms in total. The van der Waals surface area contributed by atoms with Crippen molar-refractivity contribution in [2.75, 3.05) is 11.1 Å². The molecule has 1 aromatic heterocycles. The Hall–Kier alpha value is -3.11. The van der Waals surface area contributed by atoms with Crippen molar-refractivity contribution in [2.45, 2.75) is 38.6 Å². The highest BCUT2D eigenvalue weighted by atomic mass is 35.5. The summed E-state index contributed by atoms with van der Waals surface area (Å²) in [6.07, 6.45) is -0.355. The number of ether oxygens (including phenoxy) is 1. The Balaban J connectivity index is 1.61. The molecule has 0 radical (unpaired) electrons. The lowest BCUT2D eigenvalue weighted by molar-refractivity contribution is -0.384. The van der Waals surface area contributed by atoms with Crippen LogP contribution in [0.1, 0.15) is 31.3 Å². The van der Waals surface area contributed by atoms with E-state index in [0.29, 0.717) is 34.0 Å². The van der Waals surface area contributed by atoms with Crippen molar-refractivity contribution in [2.24, 2.45) is 0 Å². The number of aryl methyl sites for hydroxylation is 1. The highest BCUT2D eigenvalue weighted by Crippen LogP contribution is 2.27. The third-order valence-electron chi connectivity index (χ3n) is 4.56. The Labute approximate surface area is 194 Å². The molecular formula is C21H22ClN5O4S. The van der Waals surface area contributed by atoms with Crippen LogP contribution in [0.4, 0.5) is 11.4 Å². The molecule has 168 valence electrons. The number of aromatic nitrogens is 3. The first-order chi connectivity index (χ1) is 15.3. The first-order valence-electron chi connectivity index (χ1n) is 9.81. The van der Waals surface area contributed by atoms with Crippen LogP contribution in [-0.4, -0.2) is 31.3 Å². The molecule has 0 fully saturated rings. The van der Waals surface area contributed by atoms with Crippen LogP contribution in [0.2, 0.25) is 5.02 Å². The lowest BCUT2D eigenvalue weighted by Gasteiger charge is -2.16. The van der Waals surface area contributed by atoms with Crippen LogP contribution in [0.5, 0.6) is 5.75 Å². The third-order valence-corrected chi connectivity index (χ3v) is 5.95. The second-order valence-corrected chi connectivity index (χ2v) is 8.25. The molecule has 1 unspecified atom stereocenters. The van der Waals surface area contributed by atoms with Gasteiger partial charge < -0.3 is 14.6 Å². The van der Waals surface area contributed by atoms with E-state index in [2.05, 4.69) is 15.5 Å². The number of thioether (sulfide) groups is 1. The highest BCUT2D eigenvalue weighted by molar-refractivity contribution is 7.99. The molecule has 0 bridgehead atoms. The predicted octanol–water partition coefficient (Wildman–Crippen LogP) is 5.04. The number of nitro groups is 1. The molecule has 0 aliphatic carbocycles. The summed E-state index contributed by atoms with van der Waals surface area (Å²) in [5.74, 6) is 1.19. The molecule has 0 spiro atoms. The fourth-order valence-electron chi connectivity index (χ4n) is 2.95. The van der Waals surface area contributed by atoms with Gasteiger partial charge in [0.05, 0.1) is 10.7 Å². The van der Waals surface area contributed by atoms with Crippen LogP contribution in [-0.2, 0) is 11.3 Å². The number of carbonyl (C=O) groups is 1. The van der Waals surface area contributed by atoms with Crippen LogP contribution in [0.3, 0.4) is 0 Å². The quantitative estimate of drug-likeness (QED) is 0.262. The Kier molecular flexibility index (Phi) is 7.70. The van der Waals surface area contributed by atoms with Crippen LogP contribution in [0, 0.1) is 17.0 Å². The van der Waals surface area contributed by atoms with E-state index in [1.54, 1.807) is 12.1 Å². The van der Waals surface area contributed by atoms with Crippen LogP contribution in [0.25, 0.3) is 0 Å². The van der Waals surface area contributed by atoms with Gasteiger partial charge in [0.25, 0.3) is 5.69 Å². The van der Waals surface area contributed by atoms with E-state index in [1.807, 2.05) is 31.4 Å². The van der Waals surface area contributed by atoms with Crippen molar-refractivity contribution in [1.29, 1.82) is 0 Å². The summed E-state index contributed by atoms with van der Waals surface area (Å²) >= 11 is 7.32. The van der Waals surface area contributed by atoms with E-state index in [-0.39, 0.29) is 23.5 Å². The Morgan fingerprint density at radius 1 is 1.28 bits per heavy atom. The number of amides is 1. The smallest absolute Gasteiger partial charge is 0.269 e. The number of hydrogen-bond acceptors (Lipinski definition) is 7. The third kappa shape index (κ3) is 5.77. The van der Waals surface area contributed by atoms with Crippen molar-refractivity contribution in [3.05, 3.63) is 69.0 Å². The van der Waals surface area contributed by atoms with Gasteiger partial charge in [-0.1, -0.05) is 23.4 Å². The molecule has 0 saturated carbocycles. The number of nitrogens with one attached hydrogen (secondary N) is 1. The van der Waals surface area contributed by atoms with Gasteiger partial charge in [0.15, 0.2) is 17.1 Å². The van der Waals surface area contributed by atoms with Crippen LogP contribution >= 0.6 is 23.4 Å². The highest BCUT2D eigenvalue weighted by Gasteiger charge is 2.20. The van der Waals surface area contributed by atoms with Crippen molar-refractivity contribution < 1.29 is 14.5 Å². The van der Waals surface area contributed by atoms with Gasteiger partial charge >= 0.3 is 0 Å². The molecule has 0 aliphatic heterocycles. The van der Waals surface area contributed by atoms with Gasteiger partial charge in [0.2, 0.25) is 5.91 Å². The number of halogens is 1. The van der Waals surface area contributed by atoms with Crippen LogP contribution < -0.4 is 10.1 Å². The maximum atomic E-state index is 12.3. The number of non-ortho nitro benzene ring substituents is 1. The fourth-order valence-corrected chi connectivity index (χ4v) is 3.87. The summed E-state index contributed by atoms with van der Waals surface area (Å²) in [6, 6.07) is 11.1. The van der Waals surface area contributed by atoms with Gasteiger partial charge in [-0.3, -0.25) is 14.9 Å². The molecule has 1 amide bonds. The first-order valence-corrected chi connectivity index (χ1v) is 11.2. The molecule has 2 aromatic carbocycles. The molecular weight excluding hydrogens is 454 g/mol. The van der Waals surface area contributed by atoms with Crippen molar-refractivity contribution >= 4 is 40.6 Å². The van der Waals surface area contributed by atoms with Gasteiger partial charge in [-0.25, -0.2) is 0 Å². The normalized spacial score (nSPS) is 11.8. The average Bonchev–Trinajstić information content (AvgIpc) is 3.18. The van der Waals surface area contributed by atoms with Crippen molar-refractivity contribution in [1.82, 2.24) is 14.8 Å². The summed E-state index contributed by atoms with van der Waals surface area (Å²) in [6.45, 7) is 6.37. The number of anilines is 1. The second kappa shape index (κ2) is 10.5. The lowest BCUT2D eigenvalue weighted by atomic mass is 10.2. The Morgan fingerprint density at radius 3 is 2.62 bits per heavy atom. The van der Waals surface area contributed by atoms with Gasteiger partial charge in [0, 0.05) is 29.4 Å². The van der Waals surface area contributed by atoms with Gasteiger partial charge in [0.1, 0.15) is 5.75 Å². The summed E-state index contributed by atoms with van der Waals surface area (Å²) in [5.41, 5.74) is 1.37. The number of benzene rings is 2.